The Balaban J connectivity index is 1.62. The van der Waals surface area contributed by atoms with Gasteiger partial charge >= 0.3 is 0 Å². The number of carbonyl (C=O) groups is 1. The number of carbonyl (C=O) groups excluding carboxylic acids is 1. The molecule has 0 unspecified atom stereocenters. The molecule has 7 nitrogen and oxygen atoms in total. The number of fused-ring (bicyclic) bond motifs is 1. The lowest BCUT2D eigenvalue weighted by Crippen LogP contribution is -2.10. The van der Waals surface area contributed by atoms with Crippen LogP contribution in [0.4, 0.5) is 5.82 Å². The summed E-state index contributed by atoms with van der Waals surface area (Å²) in [6.45, 7) is 0. The Morgan fingerprint density at radius 2 is 2.26 bits per heavy atom. The molecule has 0 radical (unpaired) electrons. The molecule has 23 heavy (non-hydrogen) atoms. The van der Waals surface area contributed by atoms with E-state index in [1.54, 1.807) is 10.7 Å². The Labute approximate surface area is 131 Å². The number of imidazole rings is 1. The number of rotatable bonds is 3. The summed E-state index contributed by atoms with van der Waals surface area (Å²) in [4.78, 5) is 16.3. The zero-order valence-electron chi connectivity index (χ0n) is 12.1. The van der Waals surface area contributed by atoms with Crippen LogP contribution in [0.3, 0.4) is 0 Å². The van der Waals surface area contributed by atoms with E-state index in [-0.39, 0.29) is 5.76 Å². The molecule has 0 fully saturated rings. The van der Waals surface area contributed by atoms with Gasteiger partial charge in [-0.2, -0.15) is 5.10 Å². The number of allylic oxidation sites excluding steroid dienone is 4. The maximum atomic E-state index is 11.9. The van der Waals surface area contributed by atoms with Gasteiger partial charge in [-0.3, -0.25) is 4.79 Å². The molecule has 3 heterocycles. The van der Waals surface area contributed by atoms with Crippen LogP contribution in [0.25, 0.3) is 11.2 Å². The largest absolute Gasteiger partial charge is 0.351 e. The summed E-state index contributed by atoms with van der Waals surface area (Å²) in [6, 6.07) is 5.31. The minimum atomic E-state index is -0.397. The molecule has 0 saturated heterocycles. The second kappa shape index (κ2) is 5.53. The first-order valence-electron chi connectivity index (χ1n) is 7.24. The summed E-state index contributed by atoms with van der Waals surface area (Å²) in [6.07, 6.45) is 11.3. The van der Waals surface area contributed by atoms with Crippen molar-refractivity contribution in [2.45, 2.75) is 12.8 Å². The van der Waals surface area contributed by atoms with Gasteiger partial charge in [-0.15, -0.1) is 0 Å². The summed E-state index contributed by atoms with van der Waals surface area (Å²) < 4.78 is 6.47. The van der Waals surface area contributed by atoms with E-state index in [1.807, 2.05) is 18.2 Å². The second-order valence-electron chi connectivity index (χ2n) is 5.14. The first kappa shape index (κ1) is 13.4. The number of nitrogens with one attached hydrogen (secondary N) is 1. The minimum absolute atomic E-state index is 0.134. The summed E-state index contributed by atoms with van der Waals surface area (Å²) in [5.74, 6) is 0.148. The second-order valence-corrected chi connectivity index (χ2v) is 5.14. The fraction of sp³-hybridized carbons (Fsp3) is 0.125. The van der Waals surface area contributed by atoms with Crippen LogP contribution in [0.15, 0.2) is 53.3 Å². The minimum Gasteiger partial charge on any atom is -0.351 e. The van der Waals surface area contributed by atoms with Crippen LogP contribution in [0.5, 0.6) is 0 Å². The third-order valence-corrected chi connectivity index (χ3v) is 3.57. The van der Waals surface area contributed by atoms with Gasteiger partial charge in [0.25, 0.3) is 5.91 Å². The van der Waals surface area contributed by atoms with E-state index in [9.17, 15) is 4.79 Å². The molecular weight excluding hydrogens is 294 g/mol. The normalized spacial score (nSPS) is 14.0. The Morgan fingerprint density at radius 3 is 3.04 bits per heavy atom. The zero-order valence-corrected chi connectivity index (χ0v) is 12.1. The first-order valence-corrected chi connectivity index (χ1v) is 7.24. The third kappa shape index (κ3) is 2.64. The molecule has 3 aromatic heterocycles. The van der Waals surface area contributed by atoms with Crippen LogP contribution in [-0.2, 0) is 0 Å². The van der Waals surface area contributed by atoms with E-state index in [0.29, 0.717) is 11.5 Å². The molecule has 7 heteroatoms. The van der Waals surface area contributed by atoms with Crippen molar-refractivity contribution in [2.24, 2.45) is 0 Å². The molecule has 1 amide bonds. The maximum Gasteiger partial charge on any atom is 0.295 e. The van der Waals surface area contributed by atoms with Crippen molar-refractivity contribution in [1.29, 1.82) is 0 Å². The zero-order chi connectivity index (χ0) is 15.6. The Hall–Kier alpha value is -3.22. The van der Waals surface area contributed by atoms with E-state index in [1.165, 1.54) is 17.8 Å². The van der Waals surface area contributed by atoms with Crippen molar-refractivity contribution in [2.75, 3.05) is 5.32 Å². The summed E-state index contributed by atoms with van der Waals surface area (Å²) in [5, 5.41) is 10.7. The van der Waals surface area contributed by atoms with Gasteiger partial charge in [0.15, 0.2) is 11.5 Å². The van der Waals surface area contributed by atoms with Gasteiger partial charge in [0, 0.05) is 6.07 Å². The van der Waals surface area contributed by atoms with Crippen LogP contribution in [0.1, 0.15) is 29.1 Å². The monoisotopic (exact) mass is 307 g/mol. The molecule has 0 spiro atoms. The lowest BCUT2D eigenvalue weighted by Gasteiger charge is -2.07. The van der Waals surface area contributed by atoms with Crippen molar-refractivity contribution in [3.05, 3.63) is 60.3 Å². The van der Waals surface area contributed by atoms with Crippen molar-refractivity contribution in [3.8, 4) is 0 Å². The fourth-order valence-corrected chi connectivity index (χ4v) is 2.44. The molecule has 4 rings (SSSR count). The maximum absolute atomic E-state index is 11.9. The molecule has 0 aromatic carbocycles. The summed E-state index contributed by atoms with van der Waals surface area (Å²) in [5.41, 5.74) is 2.76. The van der Waals surface area contributed by atoms with Crippen LogP contribution < -0.4 is 5.32 Å². The van der Waals surface area contributed by atoms with Crippen LogP contribution in [0, 0.1) is 0 Å². The molecule has 1 aliphatic rings. The van der Waals surface area contributed by atoms with Crippen molar-refractivity contribution >= 4 is 22.9 Å². The number of hydrogen-bond acceptors (Lipinski definition) is 5. The molecule has 0 atom stereocenters. The lowest BCUT2D eigenvalue weighted by atomic mass is 10.0. The van der Waals surface area contributed by atoms with Gasteiger partial charge in [0.1, 0.15) is 0 Å². The number of hydrogen-bond donors (Lipinski definition) is 1. The molecule has 0 aliphatic heterocycles. The summed E-state index contributed by atoms with van der Waals surface area (Å²) >= 11 is 0. The highest BCUT2D eigenvalue weighted by atomic mass is 16.5. The Bertz CT molecular complexity index is 921. The average molecular weight is 307 g/mol. The van der Waals surface area contributed by atoms with Crippen molar-refractivity contribution in [3.63, 3.8) is 0 Å². The van der Waals surface area contributed by atoms with Crippen molar-refractivity contribution in [1.82, 2.24) is 19.8 Å². The SMILES string of the molecule is O=C(Nc1cn2nc(C3=CC=CCC3)ccc2n1)c1ccno1. The average Bonchev–Trinajstić information content (AvgIpc) is 3.24. The van der Waals surface area contributed by atoms with Gasteiger partial charge < -0.3 is 9.84 Å². The van der Waals surface area contributed by atoms with Crippen molar-refractivity contribution < 1.29 is 9.32 Å². The Kier molecular flexibility index (Phi) is 3.23. The number of amides is 1. The molecule has 114 valence electrons. The highest BCUT2D eigenvalue weighted by Crippen LogP contribution is 2.22. The topological polar surface area (TPSA) is 85.3 Å². The van der Waals surface area contributed by atoms with Crippen LogP contribution in [-0.4, -0.2) is 25.7 Å². The quantitative estimate of drug-likeness (QED) is 0.804. The van der Waals surface area contributed by atoms with Crippen LogP contribution >= 0.6 is 0 Å². The first-order chi connectivity index (χ1) is 11.3. The molecule has 1 N–H and O–H groups in total. The highest BCUT2D eigenvalue weighted by molar-refractivity contribution is 6.01. The van der Waals surface area contributed by atoms with Gasteiger partial charge in [0.05, 0.1) is 18.1 Å². The fourth-order valence-electron chi connectivity index (χ4n) is 2.44. The van der Waals surface area contributed by atoms with Gasteiger partial charge in [0.2, 0.25) is 5.76 Å². The van der Waals surface area contributed by atoms with Gasteiger partial charge in [-0.25, -0.2) is 9.50 Å². The molecular formula is C16H13N5O2. The predicted molar refractivity (Wildman–Crippen MR) is 83.8 cm³/mol. The van der Waals surface area contributed by atoms with E-state index in [2.05, 4.69) is 32.7 Å². The summed E-state index contributed by atoms with van der Waals surface area (Å²) in [7, 11) is 0. The third-order valence-electron chi connectivity index (χ3n) is 3.57. The van der Waals surface area contributed by atoms with E-state index < -0.39 is 5.91 Å². The van der Waals surface area contributed by atoms with E-state index in [0.717, 1.165) is 18.5 Å². The predicted octanol–water partition coefficient (Wildman–Crippen LogP) is 2.70. The number of aromatic nitrogens is 4. The van der Waals surface area contributed by atoms with E-state index >= 15 is 0 Å². The van der Waals surface area contributed by atoms with Gasteiger partial charge in [-0.1, -0.05) is 23.4 Å². The molecule has 1 aliphatic carbocycles. The number of nitrogens with zero attached hydrogens (tertiary/aromatic N) is 4. The smallest absolute Gasteiger partial charge is 0.295 e. The molecule has 3 aromatic rings. The van der Waals surface area contributed by atoms with Gasteiger partial charge in [-0.05, 0) is 30.5 Å². The van der Waals surface area contributed by atoms with E-state index in [4.69, 9.17) is 4.52 Å². The molecule has 0 bridgehead atoms. The number of anilines is 1. The molecule has 0 saturated carbocycles. The standard InChI is InChI=1S/C16H13N5O2/c22-16(13-8-9-17-23-13)19-14-10-21-15(18-14)7-6-12(20-21)11-4-2-1-3-5-11/h1-2,4,6-10H,3,5H2,(H,19,22). The van der Waals surface area contributed by atoms with Crippen LogP contribution in [0.2, 0.25) is 0 Å². The Morgan fingerprint density at radius 1 is 1.30 bits per heavy atom. The lowest BCUT2D eigenvalue weighted by molar-refractivity contribution is 0.0987. The highest BCUT2D eigenvalue weighted by Gasteiger charge is 2.13.